The molecule has 5 fully saturated rings. The Balaban J connectivity index is 1.38. The Bertz CT molecular complexity index is 669. The maximum atomic E-state index is 13.1. The predicted octanol–water partition coefficient (Wildman–Crippen LogP) is 1.55. The molecule has 1 aromatic carbocycles. The number of carbonyl (C=O) groups excluding carboxylic acids is 1. The van der Waals surface area contributed by atoms with Gasteiger partial charge in [-0.1, -0.05) is 43.2 Å². The molecule has 5 heterocycles. The Morgan fingerprint density at radius 3 is 2.21 bits per heavy atom. The lowest BCUT2D eigenvalue weighted by atomic mass is 9.64. The highest BCUT2D eigenvalue weighted by atomic mass is 16.2. The van der Waals surface area contributed by atoms with Crippen molar-refractivity contribution in [3.63, 3.8) is 0 Å². The molecule has 152 valence electrons. The fourth-order valence-electron chi connectivity index (χ4n) is 6.29. The highest BCUT2D eigenvalue weighted by Gasteiger charge is 2.55. The zero-order valence-corrected chi connectivity index (χ0v) is 17.0. The first kappa shape index (κ1) is 18.6. The molecule has 5 heteroatoms. The summed E-state index contributed by atoms with van der Waals surface area (Å²) in [6.07, 6.45) is 5.09. The molecule has 0 saturated carbocycles. The van der Waals surface area contributed by atoms with Gasteiger partial charge in [0.05, 0.1) is 6.54 Å². The summed E-state index contributed by atoms with van der Waals surface area (Å²) < 4.78 is 0. The second-order valence-electron chi connectivity index (χ2n) is 9.49. The summed E-state index contributed by atoms with van der Waals surface area (Å²) in [5.41, 5.74) is 1.42. The number of hydrogen-bond acceptors (Lipinski definition) is 4. The molecule has 0 aromatic heterocycles. The van der Waals surface area contributed by atoms with Gasteiger partial charge < -0.3 is 15.1 Å². The number of nitrogens with zero attached hydrogens (tertiary/aromatic N) is 3. The van der Waals surface area contributed by atoms with Crippen molar-refractivity contribution in [1.82, 2.24) is 20.0 Å². The van der Waals surface area contributed by atoms with E-state index in [1.54, 1.807) is 0 Å². The van der Waals surface area contributed by atoms with Crippen molar-refractivity contribution in [1.29, 1.82) is 0 Å². The van der Waals surface area contributed by atoms with Crippen LogP contribution in [0.1, 0.15) is 31.2 Å². The molecule has 5 aliphatic heterocycles. The number of nitrogens with one attached hydrogen (secondary N) is 1. The molecule has 1 N–H and O–H groups in total. The van der Waals surface area contributed by atoms with Crippen molar-refractivity contribution < 1.29 is 4.79 Å². The molecule has 1 aromatic rings. The van der Waals surface area contributed by atoms with E-state index in [0.717, 1.165) is 39.3 Å². The van der Waals surface area contributed by atoms with Crippen molar-refractivity contribution in [2.75, 3.05) is 58.9 Å². The Hall–Kier alpha value is -1.43. The minimum absolute atomic E-state index is 0.0212. The van der Waals surface area contributed by atoms with Gasteiger partial charge in [0.25, 0.3) is 0 Å². The summed E-state index contributed by atoms with van der Waals surface area (Å²) >= 11 is 0. The lowest BCUT2D eigenvalue weighted by molar-refractivity contribution is -0.125. The molecule has 1 amide bonds. The second-order valence-corrected chi connectivity index (χ2v) is 9.49. The van der Waals surface area contributed by atoms with Gasteiger partial charge in [-0.05, 0) is 31.5 Å². The van der Waals surface area contributed by atoms with E-state index in [0.29, 0.717) is 12.5 Å². The quantitative estimate of drug-likeness (QED) is 0.858. The lowest BCUT2D eigenvalue weighted by Gasteiger charge is -2.56. The Morgan fingerprint density at radius 1 is 0.929 bits per heavy atom. The Kier molecular flexibility index (Phi) is 5.16. The number of piperidine rings is 2. The second kappa shape index (κ2) is 7.77. The molecule has 5 saturated heterocycles. The van der Waals surface area contributed by atoms with E-state index in [1.165, 1.54) is 44.3 Å². The Morgan fingerprint density at radius 2 is 1.57 bits per heavy atom. The largest absolute Gasteiger partial charge is 0.351 e. The van der Waals surface area contributed by atoms with Crippen LogP contribution in [0, 0.1) is 5.92 Å². The molecule has 4 bridgehead atoms. The van der Waals surface area contributed by atoms with Crippen LogP contribution < -0.4 is 5.32 Å². The molecule has 6 rings (SSSR count). The molecule has 3 atom stereocenters. The van der Waals surface area contributed by atoms with Crippen molar-refractivity contribution >= 4 is 5.91 Å². The topological polar surface area (TPSA) is 38.8 Å². The van der Waals surface area contributed by atoms with Crippen LogP contribution in [0.5, 0.6) is 0 Å². The van der Waals surface area contributed by atoms with E-state index in [-0.39, 0.29) is 17.4 Å². The summed E-state index contributed by atoms with van der Waals surface area (Å²) in [6.45, 7) is 9.44. The summed E-state index contributed by atoms with van der Waals surface area (Å²) in [6, 6.07) is 11.2. The third-order valence-electron chi connectivity index (χ3n) is 7.53. The highest BCUT2D eigenvalue weighted by molar-refractivity contribution is 5.78. The summed E-state index contributed by atoms with van der Waals surface area (Å²) in [5.74, 6) is 0.761. The minimum atomic E-state index is 0.0212. The van der Waals surface area contributed by atoms with Crippen molar-refractivity contribution in [3.8, 4) is 0 Å². The van der Waals surface area contributed by atoms with Crippen LogP contribution in [0.2, 0.25) is 0 Å². The van der Waals surface area contributed by atoms with Crippen LogP contribution >= 0.6 is 0 Å². The van der Waals surface area contributed by atoms with E-state index in [4.69, 9.17) is 0 Å². The molecule has 28 heavy (non-hydrogen) atoms. The van der Waals surface area contributed by atoms with Crippen LogP contribution in [-0.2, 0) is 10.2 Å². The smallest absolute Gasteiger partial charge is 0.234 e. The number of hydrogen-bond donors (Lipinski definition) is 1. The van der Waals surface area contributed by atoms with E-state index >= 15 is 0 Å². The summed E-state index contributed by atoms with van der Waals surface area (Å²) in [7, 11) is 0. The molecular weight excluding hydrogens is 348 g/mol. The maximum Gasteiger partial charge on any atom is 0.234 e. The van der Waals surface area contributed by atoms with Gasteiger partial charge >= 0.3 is 0 Å². The number of likely N-dealkylation sites (tertiary alicyclic amines) is 1. The predicted molar refractivity (Wildman–Crippen MR) is 111 cm³/mol. The summed E-state index contributed by atoms with van der Waals surface area (Å²) in [4.78, 5) is 20.7. The fourth-order valence-corrected chi connectivity index (χ4v) is 6.29. The number of benzene rings is 1. The van der Waals surface area contributed by atoms with Gasteiger partial charge in [0.15, 0.2) is 0 Å². The average Bonchev–Trinajstić information content (AvgIpc) is 3.10. The maximum absolute atomic E-state index is 13.1. The van der Waals surface area contributed by atoms with Crippen LogP contribution in [0.25, 0.3) is 0 Å². The van der Waals surface area contributed by atoms with Crippen molar-refractivity contribution in [3.05, 3.63) is 35.9 Å². The standard InChI is InChI=1S/C23H34N4O/c28-21(16-25-10-6-1-2-7-11-25)24-22-19-14-26-12-13-27(15-19)18-23(22,17-26)20-8-4-3-5-9-20/h3-5,8-9,19,22H,1-2,6-7,10-18H2,(H,24,28). The van der Waals surface area contributed by atoms with E-state index in [2.05, 4.69) is 50.3 Å². The molecule has 0 radical (unpaired) electrons. The molecule has 5 nitrogen and oxygen atoms in total. The van der Waals surface area contributed by atoms with Gasteiger partial charge in [0.2, 0.25) is 5.91 Å². The van der Waals surface area contributed by atoms with Crippen molar-refractivity contribution in [2.45, 2.75) is 37.1 Å². The molecule has 5 aliphatic rings. The first-order valence-electron chi connectivity index (χ1n) is 11.2. The zero-order chi connectivity index (χ0) is 19.0. The number of fused-ring (bicyclic) bond motifs is 1. The average molecular weight is 383 g/mol. The highest BCUT2D eigenvalue weighted by Crippen LogP contribution is 2.43. The first-order valence-corrected chi connectivity index (χ1v) is 11.2. The molecular formula is C23H34N4O. The molecule has 0 aliphatic carbocycles. The van der Waals surface area contributed by atoms with Gasteiger partial charge in [-0.2, -0.15) is 0 Å². The van der Waals surface area contributed by atoms with Crippen molar-refractivity contribution in [2.24, 2.45) is 5.92 Å². The number of rotatable bonds is 4. The Labute approximate surface area is 169 Å². The summed E-state index contributed by atoms with van der Waals surface area (Å²) in [5, 5.41) is 3.56. The van der Waals surface area contributed by atoms with Gasteiger partial charge in [0, 0.05) is 56.6 Å². The van der Waals surface area contributed by atoms with E-state index < -0.39 is 0 Å². The monoisotopic (exact) mass is 382 g/mol. The van der Waals surface area contributed by atoms with Gasteiger partial charge in [-0.3, -0.25) is 9.69 Å². The van der Waals surface area contributed by atoms with Gasteiger partial charge in [-0.15, -0.1) is 0 Å². The van der Waals surface area contributed by atoms with Crippen LogP contribution in [-0.4, -0.2) is 85.6 Å². The normalized spacial score (nSPS) is 38.0. The fraction of sp³-hybridized carbons (Fsp3) is 0.696. The van der Waals surface area contributed by atoms with Crippen LogP contribution in [0.3, 0.4) is 0 Å². The van der Waals surface area contributed by atoms with Crippen LogP contribution in [0.15, 0.2) is 30.3 Å². The third-order valence-corrected chi connectivity index (χ3v) is 7.53. The lowest BCUT2D eigenvalue weighted by Crippen LogP contribution is -2.71. The van der Waals surface area contributed by atoms with E-state index in [9.17, 15) is 4.79 Å². The number of carbonyl (C=O) groups is 1. The SMILES string of the molecule is O=C(CN1CCCCCC1)NC1C2CN3CCN(C2)CC1(c1ccccc1)C3. The van der Waals surface area contributed by atoms with Gasteiger partial charge in [0.1, 0.15) is 0 Å². The minimum Gasteiger partial charge on any atom is -0.351 e. The van der Waals surface area contributed by atoms with Gasteiger partial charge in [-0.25, -0.2) is 0 Å². The third kappa shape index (κ3) is 3.49. The van der Waals surface area contributed by atoms with Crippen LogP contribution in [0.4, 0.5) is 0 Å². The molecule has 3 unspecified atom stereocenters. The molecule has 0 spiro atoms. The first-order chi connectivity index (χ1) is 13.7. The zero-order valence-electron chi connectivity index (χ0n) is 17.0. The number of amides is 1. The van der Waals surface area contributed by atoms with E-state index in [1.807, 2.05) is 0 Å².